The smallest absolute Gasteiger partial charge is 0.148 e. The van der Waals surface area contributed by atoms with Crippen LogP contribution >= 0.6 is 22.9 Å². The Morgan fingerprint density at radius 2 is 2.22 bits per heavy atom. The summed E-state index contributed by atoms with van der Waals surface area (Å²) in [7, 11) is 2.11. The molecule has 4 nitrogen and oxygen atoms in total. The van der Waals surface area contributed by atoms with E-state index < -0.39 is 5.82 Å². The van der Waals surface area contributed by atoms with Crippen molar-refractivity contribution in [2.24, 2.45) is 0 Å². The molecule has 0 amide bonds. The summed E-state index contributed by atoms with van der Waals surface area (Å²) in [5, 5.41) is 4.48. The largest absolute Gasteiger partial charge is 0.337 e. The molecule has 1 aromatic carbocycles. The van der Waals surface area contributed by atoms with Crippen molar-refractivity contribution in [2.45, 2.75) is 13.0 Å². The molecule has 0 fully saturated rings. The van der Waals surface area contributed by atoms with E-state index in [1.807, 2.05) is 0 Å². The maximum atomic E-state index is 14.1. The molecule has 0 spiro atoms. The normalized spacial score (nSPS) is 14.9. The minimum atomic E-state index is -0.395. The Bertz CT molecular complexity index is 895. The van der Waals surface area contributed by atoms with Crippen LogP contribution in [0.1, 0.15) is 10.4 Å². The van der Waals surface area contributed by atoms with Gasteiger partial charge < -0.3 is 10.2 Å². The van der Waals surface area contributed by atoms with Crippen molar-refractivity contribution in [3.8, 4) is 0 Å². The van der Waals surface area contributed by atoms with Gasteiger partial charge in [-0.2, -0.15) is 0 Å². The van der Waals surface area contributed by atoms with Crippen molar-refractivity contribution in [2.75, 3.05) is 18.9 Å². The number of benzene rings is 1. The lowest BCUT2D eigenvalue weighted by Crippen LogP contribution is -2.25. The Hall–Kier alpha value is -1.76. The van der Waals surface area contributed by atoms with E-state index in [1.165, 1.54) is 22.8 Å². The fourth-order valence-electron chi connectivity index (χ4n) is 2.87. The van der Waals surface area contributed by atoms with Crippen LogP contribution in [0.2, 0.25) is 5.02 Å². The van der Waals surface area contributed by atoms with Gasteiger partial charge >= 0.3 is 0 Å². The molecule has 0 aliphatic carbocycles. The molecule has 23 heavy (non-hydrogen) atoms. The van der Waals surface area contributed by atoms with Gasteiger partial charge in [-0.1, -0.05) is 11.6 Å². The van der Waals surface area contributed by atoms with Crippen molar-refractivity contribution in [1.29, 1.82) is 0 Å². The van der Waals surface area contributed by atoms with Crippen LogP contribution in [-0.4, -0.2) is 28.5 Å². The first-order valence-electron chi connectivity index (χ1n) is 7.27. The number of rotatable bonds is 2. The third-order valence-electron chi connectivity index (χ3n) is 4.01. The van der Waals surface area contributed by atoms with Gasteiger partial charge in [-0.05, 0) is 37.2 Å². The van der Waals surface area contributed by atoms with E-state index in [2.05, 4.69) is 27.2 Å². The highest BCUT2D eigenvalue weighted by atomic mass is 35.5. The maximum absolute atomic E-state index is 14.1. The molecule has 0 atom stereocenters. The Balaban J connectivity index is 1.81. The van der Waals surface area contributed by atoms with Crippen LogP contribution in [-0.2, 0) is 13.0 Å². The van der Waals surface area contributed by atoms with Gasteiger partial charge in [0.1, 0.15) is 22.8 Å². The van der Waals surface area contributed by atoms with Gasteiger partial charge in [-0.25, -0.2) is 14.4 Å². The van der Waals surface area contributed by atoms with Gasteiger partial charge in [0, 0.05) is 23.0 Å². The summed E-state index contributed by atoms with van der Waals surface area (Å²) in [5.74, 6) is 0.256. The van der Waals surface area contributed by atoms with Crippen molar-refractivity contribution in [3.63, 3.8) is 0 Å². The molecule has 3 aromatic rings. The number of thiophene rings is 1. The summed E-state index contributed by atoms with van der Waals surface area (Å²) in [5.41, 5.74) is 1.64. The Morgan fingerprint density at radius 1 is 1.35 bits per heavy atom. The first kappa shape index (κ1) is 14.8. The third kappa shape index (κ3) is 2.67. The van der Waals surface area contributed by atoms with Crippen molar-refractivity contribution < 1.29 is 4.39 Å². The summed E-state index contributed by atoms with van der Waals surface area (Å²) >= 11 is 7.50. The number of likely N-dealkylation sites (N-methyl/N-ethyl adjacent to an activating group) is 1. The van der Waals surface area contributed by atoms with Gasteiger partial charge in [0.25, 0.3) is 0 Å². The average molecular weight is 349 g/mol. The Kier molecular flexibility index (Phi) is 3.67. The van der Waals surface area contributed by atoms with E-state index in [4.69, 9.17) is 11.6 Å². The zero-order chi connectivity index (χ0) is 16.0. The number of aromatic nitrogens is 2. The number of hydrogen-bond acceptors (Lipinski definition) is 5. The van der Waals surface area contributed by atoms with E-state index in [9.17, 15) is 4.39 Å². The molecule has 7 heteroatoms. The second-order valence-electron chi connectivity index (χ2n) is 5.64. The van der Waals surface area contributed by atoms with Crippen LogP contribution in [0.5, 0.6) is 0 Å². The second kappa shape index (κ2) is 5.70. The lowest BCUT2D eigenvalue weighted by molar-refractivity contribution is 0.318. The van der Waals surface area contributed by atoms with E-state index in [0.717, 1.165) is 29.7 Å². The topological polar surface area (TPSA) is 41.1 Å². The molecule has 0 unspecified atom stereocenters. The predicted molar refractivity (Wildman–Crippen MR) is 92.1 cm³/mol. The first-order chi connectivity index (χ1) is 11.1. The van der Waals surface area contributed by atoms with Crippen LogP contribution in [0, 0.1) is 5.82 Å². The molecule has 1 aliphatic heterocycles. The molecular formula is C16H14ClFN4S. The van der Waals surface area contributed by atoms with E-state index in [1.54, 1.807) is 23.5 Å². The number of fused-ring (bicyclic) bond motifs is 3. The third-order valence-corrected chi connectivity index (χ3v) is 5.37. The highest BCUT2D eigenvalue weighted by molar-refractivity contribution is 7.19. The summed E-state index contributed by atoms with van der Waals surface area (Å²) in [6.45, 7) is 1.92. The number of hydrogen-bond donors (Lipinski definition) is 1. The zero-order valence-corrected chi connectivity index (χ0v) is 14.0. The minimum absolute atomic E-state index is 0.363. The van der Waals surface area contributed by atoms with E-state index in [0.29, 0.717) is 16.5 Å². The Morgan fingerprint density at radius 3 is 3.04 bits per heavy atom. The molecular weight excluding hydrogens is 335 g/mol. The van der Waals surface area contributed by atoms with Gasteiger partial charge in [0.15, 0.2) is 0 Å². The van der Waals surface area contributed by atoms with E-state index >= 15 is 0 Å². The highest BCUT2D eigenvalue weighted by Gasteiger charge is 2.22. The summed E-state index contributed by atoms with van der Waals surface area (Å²) in [6, 6.07) is 4.57. The number of nitrogens with one attached hydrogen (secondary N) is 1. The summed E-state index contributed by atoms with van der Waals surface area (Å²) in [6.07, 6.45) is 2.47. The van der Waals surface area contributed by atoms with Crippen LogP contribution in [0.4, 0.5) is 15.9 Å². The molecule has 3 heterocycles. The molecule has 0 bridgehead atoms. The molecule has 2 aromatic heterocycles. The summed E-state index contributed by atoms with van der Waals surface area (Å²) < 4.78 is 14.1. The molecule has 0 saturated heterocycles. The van der Waals surface area contributed by atoms with Gasteiger partial charge in [0.05, 0.1) is 11.1 Å². The monoisotopic (exact) mass is 348 g/mol. The predicted octanol–water partition coefficient (Wildman–Crippen LogP) is 4.22. The minimum Gasteiger partial charge on any atom is -0.337 e. The van der Waals surface area contributed by atoms with Crippen LogP contribution in [0.25, 0.3) is 10.2 Å². The highest BCUT2D eigenvalue weighted by Crippen LogP contribution is 2.38. The fourth-order valence-corrected chi connectivity index (χ4v) is 4.29. The van der Waals surface area contributed by atoms with Crippen molar-refractivity contribution in [1.82, 2.24) is 14.9 Å². The SMILES string of the molecule is CN1CCc2c(sc3ncnc(Nc4ccc(Cl)cc4F)c23)C1. The van der Waals surface area contributed by atoms with Crippen LogP contribution in [0.3, 0.4) is 0 Å². The maximum Gasteiger partial charge on any atom is 0.148 e. The van der Waals surface area contributed by atoms with Crippen LogP contribution < -0.4 is 5.32 Å². The van der Waals surface area contributed by atoms with Gasteiger partial charge in [-0.3, -0.25) is 0 Å². The molecule has 4 rings (SSSR count). The summed E-state index contributed by atoms with van der Waals surface area (Å²) in [4.78, 5) is 13.3. The van der Waals surface area contributed by atoms with Gasteiger partial charge in [-0.15, -0.1) is 11.3 Å². The second-order valence-corrected chi connectivity index (χ2v) is 7.16. The first-order valence-corrected chi connectivity index (χ1v) is 8.47. The molecule has 0 saturated carbocycles. The number of nitrogens with zero attached hydrogens (tertiary/aromatic N) is 3. The number of halogens is 2. The average Bonchev–Trinajstić information content (AvgIpc) is 2.88. The van der Waals surface area contributed by atoms with Crippen molar-refractivity contribution >= 4 is 44.7 Å². The lowest BCUT2D eigenvalue weighted by atomic mass is 10.1. The van der Waals surface area contributed by atoms with Crippen LogP contribution in [0.15, 0.2) is 24.5 Å². The zero-order valence-electron chi connectivity index (χ0n) is 12.4. The molecule has 1 N–H and O–H groups in total. The standard InChI is InChI=1S/C16H14ClFN4S/c1-22-5-4-10-13(7-22)23-16-14(10)15(19-8-20-16)21-12-3-2-9(17)6-11(12)18/h2-3,6,8H,4-5,7H2,1H3,(H,19,20,21). The molecule has 118 valence electrons. The fraction of sp³-hybridized carbons (Fsp3) is 0.250. The van der Waals surface area contributed by atoms with Gasteiger partial charge in [0.2, 0.25) is 0 Å². The van der Waals surface area contributed by atoms with Crippen molar-refractivity contribution in [3.05, 3.63) is 45.8 Å². The van der Waals surface area contributed by atoms with E-state index in [-0.39, 0.29) is 0 Å². The lowest BCUT2D eigenvalue weighted by Gasteiger charge is -2.22. The quantitative estimate of drug-likeness (QED) is 0.753. The number of anilines is 2. The molecule has 0 radical (unpaired) electrons. The Labute approximate surface area is 141 Å². The molecule has 1 aliphatic rings.